The fraction of sp³-hybridized carbons (Fsp3) is 0.300. The molecular formula is C10H13F2N3O. The lowest BCUT2D eigenvalue weighted by molar-refractivity contribution is -0.126. The van der Waals surface area contributed by atoms with E-state index in [9.17, 15) is 13.6 Å². The van der Waals surface area contributed by atoms with E-state index < -0.39 is 23.6 Å². The van der Waals surface area contributed by atoms with Gasteiger partial charge in [0.1, 0.15) is 17.7 Å². The van der Waals surface area contributed by atoms with Gasteiger partial charge in [-0.05, 0) is 18.2 Å². The lowest BCUT2D eigenvalue weighted by Crippen LogP contribution is -2.42. The summed E-state index contributed by atoms with van der Waals surface area (Å²) in [6, 6.07) is 1.58. The molecule has 3 N–H and O–H groups in total. The average Bonchev–Trinajstić information content (AvgIpc) is 2.19. The molecule has 0 saturated carbocycles. The zero-order valence-electron chi connectivity index (χ0n) is 9.00. The van der Waals surface area contributed by atoms with Crippen LogP contribution in [0.3, 0.4) is 0 Å². The number of nitrogens with zero attached hydrogens (tertiary/aromatic N) is 1. The fourth-order valence-corrected chi connectivity index (χ4v) is 1.18. The van der Waals surface area contributed by atoms with Gasteiger partial charge in [-0.25, -0.2) is 13.8 Å². The zero-order valence-corrected chi connectivity index (χ0v) is 9.00. The van der Waals surface area contributed by atoms with Crippen LogP contribution in [0.4, 0.5) is 8.78 Å². The van der Waals surface area contributed by atoms with Gasteiger partial charge in [0, 0.05) is 19.7 Å². The summed E-state index contributed by atoms with van der Waals surface area (Å²) in [5, 5.41) is 1.37. The summed E-state index contributed by atoms with van der Waals surface area (Å²) in [6.07, 6.45) is 0. The number of carbonyl (C=O) groups excluding carboxylic acids is 1. The molecule has 1 unspecified atom stereocenters. The quantitative estimate of drug-likeness (QED) is 0.744. The monoisotopic (exact) mass is 229 g/mol. The van der Waals surface area contributed by atoms with Crippen molar-refractivity contribution >= 4 is 5.91 Å². The number of carbonyl (C=O) groups is 1. The number of nitrogens with two attached hydrogens (primary N) is 1. The van der Waals surface area contributed by atoms with Crippen LogP contribution in [-0.2, 0) is 4.79 Å². The van der Waals surface area contributed by atoms with E-state index in [1.807, 2.05) is 0 Å². The van der Waals surface area contributed by atoms with E-state index in [2.05, 4.69) is 5.43 Å². The van der Waals surface area contributed by atoms with E-state index in [4.69, 9.17) is 5.73 Å². The van der Waals surface area contributed by atoms with Crippen LogP contribution >= 0.6 is 0 Å². The first kappa shape index (κ1) is 12.5. The molecule has 0 heterocycles. The van der Waals surface area contributed by atoms with Crippen molar-refractivity contribution < 1.29 is 13.6 Å². The Morgan fingerprint density at radius 1 is 1.44 bits per heavy atom. The van der Waals surface area contributed by atoms with E-state index >= 15 is 0 Å². The topological polar surface area (TPSA) is 58.4 Å². The Hall–Kier alpha value is -1.53. The minimum Gasteiger partial charge on any atom is -0.316 e. The van der Waals surface area contributed by atoms with Gasteiger partial charge < -0.3 is 5.73 Å². The van der Waals surface area contributed by atoms with Gasteiger partial charge in [-0.2, -0.15) is 0 Å². The number of hydrazine groups is 1. The molecule has 0 spiro atoms. The van der Waals surface area contributed by atoms with Crippen LogP contribution in [-0.4, -0.2) is 25.0 Å². The van der Waals surface area contributed by atoms with Crippen molar-refractivity contribution in [3.8, 4) is 0 Å². The van der Waals surface area contributed by atoms with Gasteiger partial charge in [-0.15, -0.1) is 0 Å². The minimum absolute atomic E-state index is 0.167. The Kier molecular flexibility index (Phi) is 3.92. The molecule has 0 aliphatic heterocycles. The van der Waals surface area contributed by atoms with Crippen molar-refractivity contribution in [3.05, 3.63) is 35.4 Å². The minimum atomic E-state index is -1.24. The number of benzene rings is 1. The molecule has 0 radical (unpaired) electrons. The van der Waals surface area contributed by atoms with Crippen LogP contribution in [0, 0.1) is 11.6 Å². The largest absolute Gasteiger partial charge is 0.316 e. The summed E-state index contributed by atoms with van der Waals surface area (Å²) in [4.78, 5) is 11.5. The molecular weight excluding hydrogens is 216 g/mol. The van der Waals surface area contributed by atoms with E-state index in [1.165, 1.54) is 5.01 Å². The molecule has 88 valence electrons. The number of halogens is 2. The van der Waals surface area contributed by atoms with Gasteiger partial charge in [-0.3, -0.25) is 10.2 Å². The summed E-state index contributed by atoms with van der Waals surface area (Å²) in [5.74, 6) is -1.94. The molecule has 0 saturated heterocycles. The zero-order chi connectivity index (χ0) is 12.3. The van der Waals surface area contributed by atoms with Crippen molar-refractivity contribution in [2.75, 3.05) is 14.1 Å². The van der Waals surface area contributed by atoms with Gasteiger partial charge in [-0.1, -0.05) is 0 Å². The van der Waals surface area contributed by atoms with Gasteiger partial charge in [0.2, 0.25) is 0 Å². The van der Waals surface area contributed by atoms with Crippen LogP contribution in [0.15, 0.2) is 18.2 Å². The highest BCUT2D eigenvalue weighted by Gasteiger charge is 2.20. The summed E-state index contributed by atoms with van der Waals surface area (Å²) >= 11 is 0. The van der Waals surface area contributed by atoms with Crippen molar-refractivity contribution in [3.63, 3.8) is 0 Å². The molecule has 0 bridgehead atoms. The molecule has 0 aromatic heterocycles. The third-order valence-electron chi connectivity index (χ3n) is 1.91. The molecule has 16 heavy (non-hydrogen) atoms. The second-order valence-corrected chi connectivity index (χ2v) is 3.51. The lowest BCUT2D eigenvalue weighted by Gasteiger charge is -2.17. The van der Waals surface area contributed by atoms with Crippen molar-refractivity contribution in [1.29, 1.82) is 0 Å². The molecule has 1 rings (SSSR count). The summed E-state index contributed by atoms with van der Waals surface area (Å²) in [6.45, 7) is 0. The second-order valence-electron chi connectivity index (χ2n) is 3.51. The van der Waals surface area contributed by atoms with Crippen LogP contribution in [0.2, 0.25) is 0 Å². The average molecular weight is 229 g/mol. The predicted molar refractivity (Wildman–Crippen MR) is 55.1 cm³/mol. The van der Waals surface area contributed by atoms with Gasteiger partial charge >= 0.3 is 0 Å². The molecule has 1 aromatic carbocycles. The number of hydrogen-bond acceptors (Lipinski definition) is 3. The molecule has 0 aliphatic carbocycles. The Morgan fingerprint density at radius 2 is 2.06 bits per heavy atom. The van der Waals surface area contributed by atoms with E-state index in [1.54, 1.807) is 14.1 Å². The highest BCUT2D eigenvalue weighted by molar-refractivity contribution is 5.82. The Balaban J connectivity index is 2.91. The van der Waals surface area contributed by atoms with Crippen LogP contribution < -0.4 is 11.2 Å². The van der Waals surface area contributed by atoms with E-state index in [-0.39, 0.29) is 5.56 Å². The van der Waals surface area contributed by atoms with Crippen molar-refractivity contribution in [2.24, 2.45) is 5.73 Å². The standard InChI is InChI=1S/C10H13F2N3O/c1-15(2)14-10(16)9(13)7-5-6(11)3-4-8(7)12/h3-5,9H,13H2,1-2H3,(H,14,16). The highest BCUT2D eigenvalue weighted by Crippen LogP contribution is 2.16. The van der Waals surface area contributed by atoms with Crippen molar-refractivity contribution in [2.45, 2.75) is 6.04 Å². The first-order valence-electron chi connectivity index (χ1n) is 4.60. The number of amides is 1. The van der Waals surface area contributed by atoms with Crippen LogP contribution in [0.5, 0.6) is 0 Å². The fourth-order valence-electron chi connectivity index (χ4n) is 1.18. The summed E-state index contributed by atoms with van der Waals surface area (Å²) in [7, 11) is 3.18. The van der Waals surface area contributed by atoms with Gasteiger partial charge in [0.05, 0.1) is 0 Å². The second kappa shape index (κ2) is 5.00. The van der Waals surface area contributed by atoms with Crippen LogP contribution in [0.1, 0.15) is 11.6 Å². The SMILES string of the molecule is CN(C)NC(=O)C(N)c1cc(F)ccc1F. The first-order chi connectivity index (χ1) is 7.41. The van der Waals surface area contributed by atoms with Crippen molar-refractivity contribution in [1.82, 2.24) is 10.4 Å². The van der Waals surface area contributed by atoms with E-state index in [0.29, 0.717) is 0 Å². The van der Waals surface area contributed by atoms with E-state index in [0.717, 1.165) is 18.2 Å². The number of nitrogens with one attached hydrogen (secondary N) is 1. The molecule has 4 nitrogen and oxygen atoms in total. The molecule has 0 aliphatic rings. The normalized spacial score (nSPS) is 12.6. The maximum atomic E-state index is 13.3. The third-order valence-corrected chi connectivity index (χ3v) is 1.91. The molecule has 0 fully saturated rings. The first-order valence-corrected chi connectivity index (χ1v) is 4.60. The molecule has 1 atom stereocenters. The predicted octanol–water partition coefficient (Wildman–Crippen LogP) is 0.557. The highest BCUT2D eigenvalue weighted by atomic mass is 19.1. The number of hydrogen-bond donors (Lipinski definition) is 2. The molecule has 1 aromatic rings. The third kappa shape index (κ3) is 2.98. The summed E-state index contributed by atoms with van der Waals surface area (Å²) < 4.78 is 26.1. The Bertz CT molecular complexity index is 396. The summed E-state index contributed by atoms with van der Waals surface area (Å²) in [5.41, 5.74) is 7.71. The molecule has 1 amide bonds. The Morgan fingerprint density at radius 3 is 2.62 bits per heavy atom. The van der Waals surface area contributed by atoms with Gasteiger partial charge in [0.15, 0.2) is 0 Å². The van der Waals surface area contributed by atoms with Gasteiger partial charge in [0.25, 0.3) is 5.91 Å². The molecule has 6 heteroatoms. The Labute approximate surface area is 92.0 Å². The smallest absolute Gasteiger partial charge is 0.255 e. The maximum absolute atomic E-state index is 13.3. The van der Waals surface area contributed by atoms with Crippen LogP contribution in [0.25, 0.3) is 0 Å². The number of rotatable bonds is 3. The maximum Gasteiger partial charge on any atom is 0.255 e. The lowest BCUT2D eigenvalue weighted by atomic mass is 10.1.